The second-order valence-corrected chi connectivity index (χ2v) is 7.63. The number of aromatic nitrogens is 1. The number of urea groups is 1. The molecule has 1 aliphatic rings. The molecule has 6 heteroatoms. The van der Waals surface area contributed by atoms with Gasteiger partial charge in [0.1, 0.15) is 5.82 Å². The van der Waals surface area contributed by atoms with Crippen LogP contribution in [0.1, 0.15) is 30.4 Å². The van der Waals surface area contributed by atoms with Crippen LogP contribution < -0.4 is 10.2 Å². The molecular formula is C20H25BrN4O. The van der Waals surface area contributed by atoms with Crippen LogP contribution in [0.15, 0.2) is 47.1 Å². The van der Waals surface area contributed by atoms with E-state index in [0.29, 0.717) is 13.1 Å². The molecule has 0 bridgehead atoms. The van der Waals surface area contributed by atoms with E-state index in [1.54, 1.807) is 11.9 Å². The zero-order valence-electron chi connectivity index (χ0n) is 15.1. The molecule has 2 heterocycles. The molecule has 5 nitrogen and oxygen atoms in total. The largest absolute Gasteiger partial charge is 0.357 e. The number of piperidine rings is 1. The summed E-state index contributed by atoms with van der Waals surface area (Å²) >= 11 is 3.42. The zero-order chi connectivity index (χ0) is 18.4. The molecule has 0 aliphatic carbocycles. The summed E-state index contributed by atoms with van der Waals surface area (Å²) in [6, 6.07) is 12.0. The molecule has 2 amide bonds. The molecule has 1 aromatic carbocycles. The van der Waals surface area contributed by atoms with E-state index in [1.165, 1.54) is 19.3 Å². The first kappa shape index (κ1) is 18.7. The quantitative estimate of drug-likeness (QED) is 0.794. The van der Waals surface area contributed by atoms with E-state index in [9.17, 15) is 4.79 Å². The third kappa shape index (κ3) is 5.21. The van der Waals surface area contributed by atoms with Crippen molar-refractivity contribution in [3.05, 3.63) is 58.2 Å². The fourth-order valence-corrected chi connectivity index (χ4v) is 3.34. The minimum atomic E-state index is -0.0898. The number of hydrogen-bond donors (Lipinski definition) is 1. The second kappa shape index (κ2) is 9.03. The number of pyridine rings is 1. The van der Waals surface area contributed by atoms with Gasteiger partial charge < -0.3 is 15.1 Å². The maximum absolute atomic E-state index is 12.3. The normalized spacial score (nSPS) is 14.2. The highest BCUT2D eigenvalue weighted by Crippen LogP contribution is 2.17. The van der Waals surface area contributed by atoms with Crippen molar-refractivity contribution in [2.24, 2.45) is 0 Å². The molecule has 1 N–H and O–H groups in total. The van der Waals surface area contributed by atoms with Gasteiger partial charge in [-0.2, -0.15) is 0 Å². The van der Waals surface area contributed by atoms with Crippen molar-refractivity contribution in [1.82, 2.24) is 15.2 Å². The topological polar surface area (TPSA) is 48.5 Å². The highest BCUT2D eigenvalue weighted by Gasteiger charge is 2.12. The zero-order valence-corrected chi connectivity index (χ0v) is 16.7. The van der Waals surface area contributed by atoms with Gasteiger partial charge in [0.2, 0.25) is 0 Å². The molecule has 0 unspecified atom stereocenters. The molecule has 0 atom stereocenters. The van der Waals surface area contributed by atoms with Crippen LogP contribution in [0.5, 0.6) is 0 Å². The molecule has 3 rings (SSSR count). The summed E-state index contributed by atoms with van der Waals surface area (Å²) in [5, 5.41) is 2.95. The van der Waals surface area contributed by atoms with Crippen molar-refractivity contribution in [3.63, 3.8) is 0 Å². The van der Waals surface area contributed by atoms with Crippen LogP contribution in [-0.2, 0) is 13.1 Å². The van der Waals surface area contributed by atoms with E-state index in [-0.39, 0.29) is 6.03 Å². The van der Waals surface area contributed by atoms with Crippen molar-refractivity contribution in [2.45, 2.75) is 32.4 Å². The Labute approximate surface area is 163 Å². The average Bonchev–Trinajstić information content (AvgIpc) is 2.69. The lowest BCUT2D eigenvalue weighted by molar-refractivity contribution is 0.206. The van der Waals surface area contributed by atoms with Crippen LogP contribution in [0.2, 0.25) is 0 Å². The molecular weight excluding hydrogens is 392 g/mol. The van der Waals surface area contributed by atoms with Crippen LogP contribution in [-0.4, -0.2) is 36.1 Å². The number of nitrogens with zero attached hydrogens (tertiary/aromatic N) is 3. The molecule has 138 valence electrons. The van der Waals surface area contributed by atoms with Gasteiger partial charge in [-0.3, -0.25) is 0 Å². The fourth-order valence-electron chi connectivity index (χ4n) is 3.08. The summed E-state index contributed by atoms with van der Waals surface area (Å²) in [4.78, 5) is 20.8. The predicted molar refractivity (Wildman–Crippen MR) is 108 cm³/mol. The van der Waals surface area contributed by atoms with Crippen LogP contribution in [0, 0.1) is 0 Å². The van der Waals surface area contributed by atoms with Gasteiger partial charge in [0.25, 0.3) is 0 Å². The lowest BCUT2D eigenvalue weighted by Gasteiger charge is -2.27. The van der Waals surface area contributed by atoms with E-state index >= 15 is 0 Å². The van der Waals surface area contributed by atoms with Gasteiger partial charge in [0, 0.05) is 43.9 Å². The Morgan fingerprint density at radius 2 is 1.81 bits per heavy atom. The van der Waals surface area contributed by atoms with Crippen molar-refractivity contribution in [1.29, 1.82) is 0 Å². The minimum absolute atomic E-state index is 0.0898. The lowest BCUT2D eigenvalue weighted by Crippen LogP contribution is -2.36. The summed E-state index contributed by atoms with van der Waals surface area (Å²) < 4.78 is 1.04. The van der Waals surface area contributed by atoms with Crippen LogP contribution in [0.3, 0.4) is 0 Å². The van der Waals surface area contributed by atoms with E-state index in [4.69, 9.17) is 0 Å². The maximum Gasteiger partial charge on any atom is 0.317 e. The molecule has 0 spiro atoms. The third-order valence-corrected chi connectivity index (χ3v) is 5.14. The van der Waals surface area contributed by atoms with E-state index in [0.717, 1.165) is 34.5 Å². The predicted octanol–water partition coefficient (Wildman–Crippen LogP) is 4.18. The van der Waals surface area contributed by atoms with Crippen molar-refractivity contribution in [2.75, 3.05) is 25.0 Å². The van der Waals surface area contributed by atoms with Gasteiger partial charge >= 0.3 is 6.03 Å². The monoisotopic (exact) mass is 416 g/mol. The number of carbonyl (C=O) groups excluding carboxylic acids is 1. The molecule has 0 saturated carbocycles. The molecule has 1 aromatic heterocycles. The Morgan fingerprint density at radius 1 is 1.12 bits per heavy atom. The number of anilines is 1. The van der Waals surface area contributed by atoms with E-state index in [1.807, 2.05) is 36.5 Å². The molecule has 0 radical (unpaired) electrons. The van der Waals surface area contributed by atoms with Crippen molar-refractivity contribution < 1.29 is 4.79 Å². The summed E-state index contributed by atoms with van der Waals surface area (Å²) in [5.41, 5.74) is 2.11. The van der Waals surface area contributed by atoms with Crippen molar-refractivity contribution in [3.8, 4) is 0 Å². The van der Waals surface area contributed by atoms with Gasteiger partial charge in [0.05, 0.1) is 0 Å². The number of amides is 2. The SMILES string of the molecule is CN(Cc1ccc(Br)cc1)C(=O)NCc1ccc(N2CCCCC2)nc1. The van der Waals surface area contributed by atoms with Gasteiger partial charge in [0.15, 0.2) is 0 Å². The van der Waals surface area contributed by atoms with Crippen LogP contribution >= 0.6 is 15.9 Å². The molecule has 1 aliphatic heterocycles. The highest BCUT2D eigenvalue weighted by molar-refractivity contribution is 9.10. The van der Waals surface area contributed by atoms with Crippen LogP contribution in [0.4, 0.5) is 10.6 Å². The second-order valence-electron chi connectivity index (χ2n) is 6.71. The summed E-state index contributed by atoms with van der Waals surface area (Å²) in [5.74, 6) is 1.03. The number of halogens is 1. The molecule has 1 saturated heterocycles. The highest BCUT2D eigenvalue weighted by atomic mass is 79.9. The smallest absolute Gasteiger partial charge is 0.317 e. The van der Waals surface area contributed by atoms with Gasteiger partial charge in [-0.05, 0) is 48.6 Å². The Hall–Kier alpha value is -2.08. The number of rotatable bonds is 5. The summed E-state index contributed by atoms with van der Waals surface area (Å²) in [6.07, 6.45) is 5.65. The third-order valence-electron chi connectivity index (χ3n) is 4.61. The first-order valence-electron chi connectivity index (χ1n) is 9.05. The van der Waals surface area contributed by atoms with Gasteiger partial charge in [-0.1, -0.05) is 34.1 Å². The first-order chi connectivity index (χ1) is 12.6. The molecule has 26 heavy (non-hydrogen) atoms. The Balaban J connectivity index is 1.48. The first-order valence-corrected chi connectivity index (χ1v) is 9.84. The van der Waals surface area contributed by atoms with Gasteiger partial charge in [-0.15, -0.1) is 0 Å². The Kier molecular flexibility index (Phi) is 6.50. The number of carbonyl (C=O) groups is 1. The van der Waals surface area contributed by atoms with E-state index in [2.05, 4.69) is 37.2 Å². The Bertz CT molecular complexity index is 712. The van der Waals surface area contributed by atoms with Crippen LogP contribution in [0.25, 0.3) is 0 Å². The Morgan fingerprint density at radius 3 is 2.46 bits per heavy atom. The van der Waals surface area contributed by atoms with Crippen molar-refractivity contribution >= 4 is 27.8 Å². The average molecular weight is 417 g/mol. The number of benzene rings is 1. The maximum atomic E-state index is 12.3. The molecule has 2 aromatic rings. The van der Waals surface area contributed by atoms with Gasteiger partial charge in [-0.25, -0.2) is 9.78 Å². The minimum Gasteiger partial charge on any atom is -0.357 e. The summed E-state index contributed by atoms with van der Waals surface area (Å²) in [7, 11) is 1.80. The lowest BCUT2D eigenvalue weighted by atomic mass is 10.1. The number of hydrogen-bond acceptors (Lipinski definition) is 3. The van der Waals surface area contributed by atoms with E-state index < -0.39 is 0 Å². The number of nitrogens with one attached hydrogen (secondary N) is 1. The summed E-state index contributed by atoms with van der Waals surface area (Å²) in [6.45, 7) is 3.23. The fraction of sp³-hybridized carbons (Fsp3) is 0.400. The standard InChI is InChI=1S/C20H25BrN4O/c1-24(15-16-5-8-18(21)9-6-16)20(26)23-14-17-7-10-19(22-13-17)25-11-3-2-4-12-25/h5-10,13H,2-4,11-12,14-15H2,1H3,(H,23,26). The molecule has 1 fully saturated rings.